The summed E-state index contributed by atoms with van der Waals surface area (Å²) in [4.78, 5) is 18.6. The van der Waals surface area contributed by atoms with Gasteiger partial charge < -0.3 is 14.2 Å². The van der Waals surface area contributed by atoms with Crippen LogP contribution in [0.3, 0.4) is 0 Å². The number of hydrogen-bond acceptors (Lipinski definition) is 5. The van der Waals surface area contributed by atoms with E-state index in [-0.39, 0.29) is 12.5 Å². The lowest BCUT2D eigenvalue weighted by molar-refractivity contribution is -0.138. The van der Waals surface area contributed by atoms with Crippen LogP contribution in [0.5, 0.6) is 5.75 Å². The van der Waals surface area contributed by atoms with E-state index in [2.05, 4.69) is 10.1 Å². The van der Waals surface area contributed by atoms with Crippen molar-refractivity contribution in [1.29, 1.82) is 0 Å². The van der Waals surface area contributed by atoms with Gasteiger partial charge in [0, 0.05) is 17.6 Å². The van der Waals surface area contributed by atoms with Crippen molar-refractivity contribution in [2.45, 2.75) is 26.0 Å². The second kappa shape index (κ2) is 8.68. The standard InChI is InChI=1S/C20H20ClN3O3/c1-3-17(26-16-7-5-4-6-8-16)20(25)24(2)13-18-22-19(23-27-18)14-9-11-15(21)12-10-14/h4-12,17H,3,13H2,1-2H3. The zero-order chi connectivity index (χ0) is 19.2. The van der Waals surface area contributed by atoms with Gasteiger partial charge in [-0.15, -0.1) is 0 Å². The van der Waals surface area contributed by atoms with Crippen molar-refractivity contribution in [3.05, 3.63) is 65.5 Å². The van der Waals surface area contributed by atoms with E-state index in [1.165, 1.54) is 4.90 Å². The first kappa shape index (κ1) is 18.9. The van der Waals surface area contributed by atoms with Crippen molar-refractivity contribution in [2.24, 2.45) is 0 Å². The van der Waals surface area contributed by atoms with Crippen LogP contribution in [0.4, 0.5) is 0 Å². The third kappa shape index (κ3) is 4.86. The first-order valence-electron chi connectivity index (χ1n) is 8.62. The molecule has 27 heavy (non-hydrogen) atoms. The lowest BCUT2D eigenvalue weighted by atomic mass is 10.2. The molecule has 0 aliphatic carbocycles. The quantitative estimate of drug-likeness (QED) is 0.609. The molecule has 2 aromatic carbocycles. The first-order chi connectivity index (χ1) is 13.1. The van der Waals surface area contributed by atoms with Gasteiger partial charge in [0.1, 0.15) is 5.75 Å². The topological polar surface area (TPSA) is 68.5 Å². The van der Waals surface area contributed by atoms with Gasteiger partial charge in [0.15, 0.2) is 6.10 Å². The molecule has 0 N–H and O–H groups in total. The number of rotatable bonds is 7. The molecule has 1 unspecified atom stereocenters. The van der Waals surface area contributed by atoms with Crippen LogP contribution in [0.25, 0.3) is 11.4 Å². The number of carbonyl (C=O) groups is 1. The number of aromatic nitrogens is 2. The van der Waals surface area contributed by atoms with Crippen LogP contribution in [0.1, 0.15) is 19.2 Å². The molecule has 7 heteroatoms. The van der Waals surface area contributed by atoms with Crippen LogP contribution in [-0.4, -0.2) is 34.1 Å². The van der Waals surface area contributed by atoms with Gasteiger partial charge >= 0.3 is 0 Å². The van der Waals surface area contributed by atoms with Gasteiger partial charge in [0.25, 0.3) is 5.91 Å². The van der Waals surface area contributed by atoms with Crippen LogP contribution < -0.4 is 4.74 Å². The van der Waals surface area contributed by atoms with Crippen molar-refractivity contribution in [2.75, 3.05) is 7.05 Å². The molecule has 0 radical (unpaired) electrons. The maximum absolute atomic E-state index is 12.7. The van der Waals surface area contributed by atoms with Crippen LogP contribution >= 0.6 is 11.6 Å². The molecule has 1 atom stereocenters. The van der Waals surface area contributed by atoms with E-state index in [1.807, 2.05) is 49.4 Å². The minimum Gasteiger partial charge on any atom is -0.481 e. The molecule has 0 aliphatic heterocycles. The molecule has 3 rings (SSSR count). The SMILES string of the molecule is CCC(Oc1ccccc1)C(=O)N(C)Cc1nc(-c2ccc(Cl)cc2)no1. The summed E-state index contributed by atoms with van der Waals surface area (Å²) in [5, 5.41) is 4.60. The Morgan fingerprint density at radius 2 is 1.89 bits per heavy atom. The smallest absolute Gasteiger partial charge is 0.263 e. The van der Waals surface area contributed by atoms with Gasteiger partial charge in [-0.2, -0.15) is 4.98 Å². The molecule has 0 saturated carbocycles. The molecule has 0 saturated heterocycles. The number of benzene rings is 2. The molecule has 3 aromatic rings. The zero-order valence-corrected chi connectivity index (χ0v) is 15.9. The van der Waals surface area contributed by atoms with E-state index >= 15 is 0 Å². The van der Waals surface area contributed by atoms with E-state index in [0.717, 1.165) is 5.56 Å². The summed E-state index contributed by atoms with van der Waals surface area (Å²) >= 11 is 5.89. The Balaban J connectivity index is 1.64. The number of para-hydroxylation sites is 1. The van der Waals surface area contributed by atoms with Gasteiger partial charge in [-0.3, -0.25) is 4.79 Å². The minimum absolute atomic E-state index is 0.146. The number of hydrogen-bond donors (Lipinski definition) is 0. The average Bonchev–Trinajstić information content (AvgIpc) is 3.15. The lowest BCUT2D eigenvalue weighted by Crippen LogP contribution is -2.39. The highest BCUT2D eigenvalue weighted by molar-refractivity contribution is 6.30. The molecule has 140 valence electrons. The van der Waals surface area contributed by atoms with Crippen LogP contribution in [0.2, 0.25) is 5.02 Å². The van der Waals surface area contributed by atoms with Crippen molar-refractivity contribution < 1.29 is 14.1 Å². The van der Waals surface area contributed by atoms with E-state index in [1.54, 1.807) is 19.2 Å². The van der Waals surface area contributed by atoms with Crippen molar-refractivity contribution in [3.63, 3.8) is 0 Å². The number of likely N-dealkylation sites (N-methyl/N-ethyl adjacent to an activating group) is 1. The summed E-state index contributed by atoms with van der Waals surface area (Å²) in [7, 11) is 1.69. The summed E-state index contributed by atoms with van der Waals surface area (Å²) in [6, 6.07) is 16.4. The van der Waals surface area contributed by atoms with Gasteiger partial charge in [-0.1, -0.05) is 41.9 Å². The third-order valence-electron chi connectivity index (χ3n) is 3.99. The van der Waals surface area contributed by atoms with Crippen LogP contribution in [0.15, 0.2) is 59.1 Å². The molecule has 0 aliphatic rings. The predicted octanol–water partition coefficient (Wildman–Crippen LogP) is 4.21. The van der Waals surface area contributed by atoms with E-state index in [4.69, 9.17) is 20.9 Å². The summed E-state index contributed by atoms with van der Waals surface area (Å²) in [5.41, 5.74) is 0.794. The van der Waals surface area contributed by atoms with E-state index < -0.39 is 6.10 Å². The maximum atomic E-state index is 12.7. The second-order valence-electron chi connectivity index (χ2n) is 6.04. The first-order valence-corrected chi connectivity index (χ1v) is 9.00. The number of carbonyl (C=O) groups excluding carboxylic acids is 1. The van der Waals surface area contributed by atoms with E-state index in [0.29, 0.717) is 28.9 Å². The molecule has 1 aromatic heterocycles. The zero-order valence-electron chi connectivity index (χ0n) is 15.1. The van der Waals surface area contributed by atoms with Crippen molar-refractivity contribution >= 4 is 17.5 Å². The summed E-state index contributed by atoms with van der Waals surface area (Å²) < 4.78 is 11.1. The lowest BCUT2D eigenvalue weighted by Gasteiger charge is -2.22. The Kier molecular flexibility index (Phi) is 6.08. The van der Waals surface area contributed by atoms with Crippen molar-refractivity contribution in [3.8, 4) is 17.1 Å². The fourth-order valence-corrected chi connectivity index (χ4v) is 2.66. The van der Waals surface area contributed by atoms with Gasteiger partial charge in [0.05, 0.1) is 6.54 Å². The normalized spacial score (nSPS) is 11.8. The molecule has 1 heterocycles. The number of halogens is 1. The molecular weight excluding hydrogens is 366 g/mol. The fourth-order valence-electron chi connectivity index (χ4n) is 2.53. The molecule has 0 fully saturated rings. The molecule has 0 bridgehead atoms. The average molecular weight is 386 g/mol. The Hall–Kier alpha value is -2.86. The van der Waals surface area contributed by atoms with Crippen molar-refractivity contribution in [1.82, 2.24) is 15.0 Å². The van der Waals surface area contributed by atoms with Crippen LogP contribution in [-0.2, 0) is 11.3 Å². The summed E-state index contributed by atoms with van der Waals surface area (Å²) in [6.07, 6.45) is -0.0196. The summed E-state index contributed by atoms with van der Waals surface area (Å²) in [6.45, 7) is 2.11. The van der Waals surface area contributed by atoms with E-state index in [9.17, 15) is 4.79 Å². The highest BCUT2D eigenvalue weighted by Gasteiger charge is 2.24. The highest BCUT2D eigenvalue weighted by Crippen LogP contribution is 2.19. The second-order valence-corrected chi connectivity index (χ2v) is 6.48. The predicted molar refractivity (Wildman–Crippen MR) is 102 cm³/mol. The molecule has 1 amide bonds. The van der Waals surface area contributed by atoms with Gasteiger partial charge in [-0.05, 0) is 42.8 Å². The Morgan fingerprint density at radius 3 is 2.56 bits per heavy atom. The van der Waals surface area contributed by atoms with Gasteiger partial charge in [0.2, 0.25) is 11.7 Å². The third-order valence-corrected chi connectivity index (χ3v) is 4.24. The Bertz CT molecular complexity index is 881. The summed E-state index contributed by atoms with van der Waals surface area (Å²) in [5.74, 6) is 1.32. The largest absolute Gasteiger partial charge is 0.481 e. The Labute approximate surface area is 162 Å². The monoisotopic (exact) mass is 385 g/mol. The molecular formula is C20H20ClN3O3. The maximum Gasteiger partial charge on any atom is 0.263 e. The molecule has 6 nitrogen and oxygen atoms in total. The number of nitrogens with zero attached hydrogens (tertiary/aromatic N) is 3. The highest BCUT2D eigenvalue weighted by atomic mass is 35.5. The van der Waals surface area contributed by atoms with Crippen LogP contribution in [0, 0.1) is 0 Å². The fraction of sp³-hybridized carbons (Fsp3) is 0.250. The van der Waals surface area contributed by atoms with Gasteiger partial charge in [-0.25, -0.2) is 0 Å². The number of ether oxygens (including phenoxy) is 1. The number of amides is 1. The molecule has 0 spiro atoms. The minimum atomic E-state index is -0.573. The Morgan fingerprint density at radius 1 is 1.19 bits per heavy atom.